The van der Waals surface area contributed by atoms with Crippen LogP contribution in [0, 0.1) is 5.92 Å². The second-order valence-corrected chi connectivity index (χ2v) is 7.42. The molecule has 26 heavy (non-hydrogen) atoms. The summed E-state index contributed by atoms with van der Waals surface area (Å²) in [4.78, 5) is 2.58. The fraction of sp³-hybridized carbons (Fsp3) is 0.478. The molecule has 0 spiro atoms. The van der Waals surface area contributed by atoms with Crippen molar-refractivity contribution in [2.24, 2.45) is 5.92 Å². The predicted octanol–water partition coefficient (Wildman–Crippen LogP) is 4.61. The van der Waals surface area contributed by atoms with Crippen LogP contribution in [-0.2, 0) is 19.6 Å². The molecule has 0 amide bonds. The van der Waals surface area contributed by atoms with E-state index < -0.39 is 0 Å². The molecule has 0 aliphatic carbocycles. The van der Waals surface area contributed by atoms with Crippen molar-refractivity contribution >= 4 is 0 Å². The van der Waals surface area contributed by atoms with Crippen LogP contribution >= 0.6 is 0 Å². The molecule has 0 bridgehead atoms. The molecule has 1 fully saturated rings. The monoisotopic (exact) mass is 352 g/mol. The Balaban J connectivity index is 1.46. The van der Waals surface area contributed by atoms with Gasteiger partial charge in [-0.05, 0) is 56.0 Å². The topological polar surface area (TPSA) is 24.5 Å². The second-order valence-electron chi connectivity index (χ2n) is 7.42. The van der Waals surface area contributed by atoms with E-state index in [2.05, 4.69) is 53.5 Å². The molecule has 2 aromatic rings. The Morgan fingerprint density at radius 3 is 2.38 bits per heavy atom. The molecule has 3 nitrogen and oxygen atoms in total. The van der Waals surface area contributed by atoms with E-state index in [1.54, 1.807) is 0 Å². The maximum Gasteiger partial charge on any atom is 0.123 e. The quantitative estimate of drug-likeness (QED) is 0.751. The van der Waals surface area contributed by atoms with Crippen molar-refractivity contribution in [3.63, 3.8) is 0 Å². The average molecular weight is 353 g/mol. The van der Waals surface area contributed by atoms with Gasteiger partial charge in [0, 0.05) is 25.2 Å². The minimum Gasteiger partial charge on any atom is -0.494 e. The number of nitrogens with one attached hydrogen (secondary N) is 1. The number of hydrogen-bond acceptors (Lipinski definition) is 3. The zero-order valence-corrected chi connectivity index (χ0v) is 16.2. The van der Waals surface area contributed by atoms with Gasteiger partial charge in [-0.15, -0.1) is 0 Å². The molecule has 0 unspecified atom stereocenters. The van der Waals surface area contributed by atoms with E-state index in [1.165, 1.54) is 42.6 Å². The maximum absolute atomic E-state index is 5.69. The number of ether oxygens (including phenoxy) is 1. The van der Waals surface area contributed by atoms with Gasteiger partial charge in [0.25, 0.3) is 0 Å². The summed E-state index contributed by atoms with van der Waals surface area (Å²) in [5, 5.41) is 3.53. The molecular weight excluding hydrogens is 320 g/mol. The lowest BCUT2D eigenvalue weighted by molar-refractivity contribution is 0.185. The molecular formula is C23H32N2O. The van der Waals surface area contributed by atoms with E-state index in [-0.39, 0.29) is 0 Å². The van der Waals surface area contributed by atoms with Crippen molar-refractivity contribution < 1.29 is 4.74 Å². The molecule has 0 radical (unpaired) electrons. The largest absolute Gasteiger partial charge is 0.494 e. The standard InChI is InChI=1S/C23H32N2O/c1-3-26-23-7-5-4-6-22(23)17-24-16-20-8-10-21(11-9-20)18-25-14-12-19(2)13-15-25/h4-11,19,24H,3,12-18H2,1-2H3. The van der Waals surface area contributed by atoms with E-state index in [9.17, 15) is 0 Å². The summed E-state index contributed by atoms with van der Waals surface area (Å²) in [5.74, 6) is 1.88. The van der Waals surface area contributed by atoms with Gasteiger partial charge in [-0.1, -0.05) is 49.4 Å². The van der Waals surface area contributed by atoms with Crippen molar-refractivity contribution in [3.05, 3.63) is 65.2 Å². The van der Waals surface area contributed by atoms with Gasteiger partial charge in [-0.2, -0.15) is 0 Å². The average Bonchev–Trinajstić information content (AvgIpc) is 2.67. The highest BCUT2D eigenvalue weighted by Gasteiger charge is 2.15. The SMILES string of the molecule is CCOc1ccccc1CNCc1ccc(CN2CCC(C)CC2)cc1. The zero-order valence-electron chi connectivity index (χ0n) is 16.2. The molecule has 3 rings (SSSR count). The van der Waals surface area contributed by atoms with Gasteiger partial charge < -0.3 is 10.1 Å². The van der Waals surface area contributed by atoms with Gasteiger partial charge in [0.05, 0.1) is 6.61 Å². The highest BCUT2D eigenvalue weighted by Crippen LogP contribution is 2.19. The molecule has 0 saturated carbocycles. The first-order valence-corrected chi connectivity index (χ1v) is 9.96. The molecule has 3 heteroatoms. The van der Waals surface area contributed by atoms with Crippen LogP contribution in [0.2, 0.25) is 0 Å². The summed E-state index contributed by atoms with van der Waals surface area (Å²) in [6.45, 7) is 10.4. The summed E-state index contributed by atoms with van der Waals surface area (Å²) < 4.78 is 5.69. The van der Waals surface area contributed by atoms with Gasteiger partial charge >= 0.3 is 0 Å². The molecule has 1 aliphatic rings. The summed E-state index contributed by atoms with van der Waals surface area (Å²) in [5.41, 5.74) is 3.96. The Labute approximate surface area is 158 Å². The Morgan fingerprint density at radius 2 is 1.65 bits per heavy atom. The first-order valence-electron chi connectivity index (χ1n) is 9.96. The number of likely N-dealkylation sites (tertiary alicyclic amines) is 1. The number of rotatable bonds is 8. The van der Waals surface area contributed by atoms with E-state index in [4.69, 9.17) is 4.74 Å². The highest BCUT2D eigenvalue weighted by molar-refractivity contribution is 5.33. The number of benzene rings is 2. The summed E-state index contributed by atoms with van der Waals surface area (Å²) in [7, 11) is 0. The number of nitrogens with zero attached hydrogens (tertiary/aromatic N) is 1. The summed E-state index contributed by atoms with van der Waals surface area (Å²) in [6, 6.07) is 17.3. The van der Waals surface area contributed by atoms with Crippen molar-refractivity contribution in [1.29, 1.82) is 0 Å². The third kappa shape index (κ3) is 5.58. The second kappa shape index (κ2) is 9.75. The minimum absolute atomic E-state index is 0.703. The Hall–Kier alpha value is -1.84. The van der Waals surface area contributed by atoms with Gasteiger partial charge in [-0.3, -0.25) is 4.90 Å². The van der Waals surface area contributed by atoms with Crippen LogP contribution < -0.4 is 10.1 Å². The normalized spacial score (nSPS) is 15.9. The molecule has 1 saturated heterocycles. The van der Waals surface area contributed by atoms with Crippen LogP contribution in [0.15, 0.2) is 48.5 Å². The lowest BCUT2D eigenvalue weighted by atomic mass is 9.99. The maximum atomic E-state index is 5.69. The molecule has 0 atom stereocenters. The van der Waals surface area contributed by atoms with Gasteiger partial charge in [-0.25, -0.2) is 0 Å². The van der Waals surface area contributed by atoms with Crippen LogP contribution in [0.3, 0.4) is 0 Å². The summed E-state index contributed by atoms with van der Waals surface area (Å²) >= 11 is 0. The Bertz CT molecular complexity index is 660. The molecule has 0 aromatic heterocycles. The number of piperidine rings is 1. The predicted molar refractivity (Wildman–Crippen MR) is 108 cm³/mol. The van der Waals surface area contributed by atoms with E-state index in [1.807, 2.05) is 19.1 Å². The van der Waals surface area contributed by atoms with Crippen LogP contribution in [-0.4, -0.2) is 24.6 Å². The molecule has 2 aromatic carbocycles. The van der Waals surface area contributed by atoms with Crippen LogP contribution in [0.5, 0.6) is 5.75 Å². The Kier molecular flexibility index (Phi) is 7.10. The van der Waals surface area contributed by atoms with Gasteiger partial charge in [0.15, 0.2) is 0 Å². The van der Waals surface area contributed by atoms with E-state index in [0.29, 0.717) is 6.61 Å². The third-order valence-corrected chi connectivity index (χ3v) is 5.22. The number of hydrogen-bond donors (Lipinski definition) is 1. The van der Waals surface area contributed by atoms with E-state index in [0.717, 1.165) is 31.3 Å². The summed E-state index contributed by atoms with van der Waals surface area (Å²) in [6.07, 6.45) is 2.68. The zero-order chi connectivity index (χ0) is 18.2. The third-order valence-electron chi connectivity index (χ3n) is 5.22. The van der Waals surface area contributed by atoms with Crippen LogP contribution in [0.1, 0.15) is 43.4 Å². The van der Waals surface area contributed by atoms with Crippen molar-refractivity contribution in [2.75, 3.05) is 19.7 Å². The first kappa shape index (κ1) is 18.9. The number of para-hydroxylation sites is 1. The molecule has 140 valence electrons. The van der Waals surface area contributed by atoms with Crippen LogP contribution in [0.25, 0.3) is 0 Å². The smallest absolute Gasteiger partial charge is 0.123 e. The van der Waals surface area contributed by atoms with Crippen molar-refractivity contribution in [2.45, 2.75) is 46.3 Å². The van der Waals surface area contributed by atoms with Gasteiger partial charge in [0.2, 0.25) is 0 Å². The fourth-order valence-corrected chi connectivity index (χ4v) is 3.53. The van der Waals surface area contributed by atoms with Crippen molar-refractivity contribution in [1.82, 2.24) is 10.2 Å². The lowest BCUT2D eigenvalue weighted by Crippen LogP contribution is -2.32. The van der Waals surface area contributed by atoms with Gasteiger partial charge in [0.1, 0.15) is 5.75 Å². The molecule has 1 heterocycles. The lowest BCUT2D eigenvalue weighted by Gasteiger charge is -2.30. The first-order chi connectivity index (χ1) is 12.7. The van der Waals surface area contributed by atoms with E-state index >= 15 is 0 Å². The molecule has 1 aliphatic heterocycles. The highest BCUT2D eigenvalue weighted by atomic mass is 16.5. The fourth-order valence-electron chi connectivity index (χ4n) is 3.53. The molecule has 1 N–H and O–H groups in total. The van der Waals surface area contributed by atoms with Crippen LogP contribution in [0.4, 0.5) is 0 Å². The van der Waals surface area contributed by atoms with Crippen molar-refractivity contribution in [3.8, 4) is 5.75 Å². The Morgan fingerprint density at radius 1 is 0.962 bits per heavy atom. The minimum atomic E-state index is 0.703.